The summed E-state index contributed by atoms with van der Waals surface area (Å²) in [5.74, 6) is -0.420. The summed E-state index contributed by atoms with van der Waals surface area (Å²) in [6.07, 6.45) is 3.15. The molecule has 0 aliphatic carbocycles. The lowest BCUT2D eigenvalue weighted by Gasteiger charge is -2.02. The number of thiazole rings is 1. The van der Waals surface area contributed by atoms with Gasteiger partial charge in [-0.2, -0.15) is 0 Å². The normalized spacial score (nSPS) is 10.2. The van der Waals surface area contributed by atoms with Crippen LogP contribution in [0.5, 0.6) is 0 Å². The van der Waals surface area contributed by atoms with Crippen molar-refractivity contribution in [2.75, 3.05) is 7.11 Å². The van der Waals surface area contributed by atoms with E-state index in [-0.39, 0.29) is 4.87 Å². The molecule has 0 atom stereocenters. The summed E-state index contributed by atoms with van der Waals surface area (Å²) in [6.45, 7) is 0.407. The minimum atomic E-state index is -0.420. The number of methoxy groups -OCH3 is 1. The Labute approximate surface area is 101 Å². The fourth-order valence-corrected chi connectivity index (χ4v) is 1.92. The molecule has 0 bridgehead atoms. The molecule has 0 amide bonds. The molecule has 5 nitrogen and oxygen atoms in total. The first kappa shape index (κ1) is 11.5. The summed E-state index contributed by atoms with van der Waals surface area (Å²) in [5.41, 5.74) is 1.12. The Bertz CT molecular complexity index is 571. The second kappa shape index (κ2) is 4.92. The van der Waals surface area contributed by atoms with Crippen molar-refractivity contribution in [3.05, 3.63) is 50.8 Å². The second-order valence-corrected chi connectivity index (χ2v) is 4.18. The van der Waals surface area contributed by atoms with Gasteiger partial charge in [0.15, 0.2) is 0 Å². The van der Waals surface area contributed by atoms with Crippen LogP contribution in [0, 0.1) is 0 Å². The van der Waals surface area contributed by atoms with Gasteiger partial charge in [0.05, 0.1) is 24.9 Å². The fourth-order valence-electron chi connectivity index (χ4n) is 1.34. The Kier molecular flexibility index (Phi) is 3.34. The van der Waals surface area contributed by atoms with Gasteiger partial charge in [-0.3, -0.25) is 14.3 Å². The van der Waals surface area contributed by atoms with Crippen LogP contribution < -0.4 is 4.87 Å². The largest absolute Gasteiger partial charge is 0.465 e. The van der Waals surface area contributed by atoms with Crippen molar-refractivity contribution in [1.82, 2.24) is 9.55 Å². The van der Waals surface area contributed by atoms with Crippen LogP contribution in [0.1, 0.15) is 16.1 Å². The van der Waals surface area contributed by atoms with E-state index in [2.05, 4.69) is 9.72 Å². The minimum absolute atomic E-state index is 0.0242. The lowest BCUT2D eigenvalue weighted by atomic mass is 10.2. The van der Waals surface area contributed by atoms with Gasteiger partial charge in [-0.25, -0.2) is 4.79 Å². The third-order valence-corrected chi connectivity index (χ3v) is 2.92. The first-order valence-electron chi connectivity index (χ1n) is 4.88. The Morgan fingerprint density at radius 3 is 2.88 bits per heavy atom. The Morgan fingerprint density at radius 2 is 2.35 bits per heavy atom. The van der Waals surface area contributed by atoms with E-state index in [1.165, 1.54) is 13.3 Å². The van der Waals surface area contributed by atoms with Crippen molar-refractivity contribution in [2.24, 2.45) is 0 Å². The quantitative estimate of drug-likeness (QED) is 0.766. The molecule has 0 fully saturated rings. The van der Waals surface area contributed by atoms with E-state index in [0.717, 1.165) is 17.0 Å². The van der Waals surface area contributed by atoms with Gasteiger partial charge in [0.25, 0.3) is 0 Å². The molecule has 0 aliphatic rings. The molecule has 2 aromatic heterocycles. The van der Waals surface area contributed by atoms with Crippen LogP contribution in [0.4, 0.5) is 0 Å². The number of carbonyl (C=O) groups excluding carboxylic acids is 1. The number of rotatable bonds is 3. The van der Waals surface area contributed by atoms with Gasteiger partial charge in [-0.1, -0.05) is 11.3 Å². The van der Waals surface area contributed by atoms with Crippen LogP contribution in [0.25, 0.3) is 0 Å². The Balaban J connectivity index is 2.16. The predicted octanol–water partition coefficient (Wildman–Crippen LogP) is 1.14. The van der Waals surface area contributed by atoms with Crippen LogP contribution in [0.2, 0.25) is 0 Å². The average Bonchev–Trinajstić information content (AvgIpc) is 2.75. The summed E-state index contributed by atoms with van der Waals surface area (Å²) in [7, 11) is 1.32. The maximum absolute atomic E-state index is 11.3. The van der Waals surface area contributed by atoms with Crippen LogP contribution in [-0.4, -0.2) is 22.6 Å². The third-order valence-electron chi connectivity index (χ3n) is 2.22. The Hall–Kier alpha value is -1.95. The molecular weight excluding hydrogens is 240 g/mol. The van der Waals surface area contributed by atoms with Crippen molar-refractivity contribution >= 4 is 17.3 Å². The zero-order valence-electron chi connectivity index (χ0n) is 9.12. The number of hydrogen-bond donors (Lipinski definition) is 0. The van der Waals surface area contributed by atoms with Gasteiger partial charge in [0, 0.05) is 17.8 Å². The van der Waals surface area contributed by atoms with E-state index < -0.39 is 5.97 Å². The van der Waals surface area contributed by atoms with E-state index >= 15 is 0 Å². The van der Waals surface area contributed by atoms with E-state index in [1.54, 1.807) is 28.3 Å². The number of esters is 1. The van der Waals surface area contributed by atoms with Gasteiger partial charge in [0.1, 0.15) is 0 Å². The highest BCUT2D eigenvalue weighted by Crippen LogP contribution is 2.03. The van der Waals surface area contributed by atoms with E-state index in [1.807, 2.05) is 0 Å². The summed E-state index contributed by atoms with van der Waals surface area (Å²) in [6, 6.07) is 3.34. The highest BCUT2D eigenvalue weighted by atomic mass is 32.1. The smallest absolute Gasteiger partial charge is 0.339 e. The van der Waals surface area contributed by atoms with E-state index in [9.17, 15) is 9.59 Å². The third kappa shape index (κ3) is 2.59. The molecule has 88 valence electrons. The summed E-state index contributed by atoms with van der Waals surface area (Å²) < 4.78 is 6.13. The zero-order chi connectivity index (χ0) is 12.3. The summed E-state index contributed by atoms with van der Waals surface area (Å²) >= 11 is 1.14. The fraction of sp³-hybridized carbons (Fsp3) is 0.182. The molecule has 0 saturated heterocycles. The summed E-state index contributed by atoms with van der Waals surface area (Å²) in [4.78, 5) is 26.6. The molecule has 0 unspecified atom stereocenters. The maximum atomic E-state index is 11.3. The van der Waals surface area contributed by atoms with E-state index in [4.69, 9.17) is 0 Å². The van der Waals surface area contributed by atoms with Crippen LogP contribution >= 0.6 is 11.3 Å². The van der Waals surface area contributed by atoms with Crippen LogP contribution in [0.3, 0.4) is 0 Å². The standard InChI is InChI=1S/C11H10N2O3S/c1-16-10(14)8-2-3-9(12-6-8)7-13-4-5-17-11(13)15/h2-6H,7H2,1H3. The lowest BCUT2D eigenvalue weighted by Crippen LogP contribution is -2.13. The second-order valence-electron chi connectivity index (χ2n) is 3.33. The first-order valence-corrected chi connectivity index (χ1v) is 5.76. The molecule has 0 saturated carbocycles. The number of ether oxygens (including phenoxy) is 1. The topological polar surface area (TPSA) is 61.2 Å². The van der Waals surface area contributed by atoms with Crippen LogP contribution in [-0.2, 0) is 11.3 Å². The number of pyridine rings is 1. The summed E-state index contributed by atoms with van der Waals surface area (Å²) in [5, 5.41) is 1.73. The van der Waals surface area contributed by atoms with Gasteiger partial charge in [-0.05, 0) is 12.1 Å². The first-order chi connectivity index (χ1) is 8.20. The molecule has 0 spiro atoms. The molecule has 0 radical (unpaired) electrons. The maximum Gasteiger partial charge on any atom is 0.339 e. The number of hydrogen-bond acceptors (Lipinski definition) is 5. The number of carbonyl (C=O) groups is 1. The van der Waals surface area contributed by atoms with Crippen molar-refractivity contribution in [2.45, 2.75) is 6.54 Å². The molecule has 2 heterocycles. The van der Waals surface area contributed by atoms with Gasteiger partial charge < -0.3 is 4.74 Å². The highest BCUT2D eigenvalue weighted by molar-refractivity contribution is 7.07. The predicted molar refractivity (Wildman–Crippen MR) is 63.3 cm³/mol. The molecule has 2 rings (SSSR count). The molecule has 0 N–H and O–H groups in total. The molecule has 2 aromatic rings. The molecule has 0 aromatic carbocycles. The Morgan fingerprint density at radius 1 is 1.53 bits per heavy atom. The monoisotopic (exact) mass is 250 g/mol. The minimum Gasteiger partial charge on any atom is -0.465 e. The molecule has 0 aliphatic heterocycles. The van der Waals surface area contributed by atoms with Crippen molar-refractivity contribution in [1.29, 1.82) is 0 Å². The SMILES string of the molecule is COC(=O)c1ccc(Cn2ccsc2=O)nc1. The van der Waals surface area contributed by atoms with Crippen molar-refractivity contribution in [3.63, 3.8) is 0 Å². The highest BCUT2D eigenvalue weighted by Gasteiger charge is 2.06. The van der Waals surface area contributed by atoms with Crippen molar-refractivity contribution < 1.29 is 9.53 Å². The zero-order valence-corrected chi connectivity index (χ0v) is 9.94. The number of aromatic nitrogens is 2. The molecular formula is C11H10N2O3S. The molecule has 6 heteroatoms. The number of nitrogens with zero attached hydrogens (tertiary/aromatic N) is 2. The van der Waals surface area contributed by atoms with Gasteiger partial charge >= 0.3 is 10.8 Å². The van der Waals surface area contributed by atoms with Crippen molar-refractivity contribution in [3.8, 4) is 0 Å². The van der Waals surface area contributed by atoms with Gasteiger partial charge in [-0.15, -0.1) is 0 Å². The lowest BCUT2D eigenvalue weighted by molar-refractivity contribution is 0.0600. The van der Waals surface area contributed by atoms with Gasteiger partial charge in [0.2, 0.25) is 0 Å². The van der Waals surface area contributed by atoms with E-state index in [0.29, 0.717) is 12.1 Å². The average molecular weight is 250 g/mol. The van der Waals surface area contributed by atoms with Crippen LogP contribution in [0.15, 0.2) is 34.7 Å². The molecule has 17 heavy (non-hydrogen) atoms.